The smallest absolute Gasteiger partial charge is 0.366 e. The van der Waals surface area contributed by atoms with E-state index < -0.39 is 35.1 Å². The van der Waals surface area contributed by atoms with E-state index >= 15 is 0 Å². The summed E-state index contributed by atoms with van der Waals surface area (Å²) >= 11 is 5.11. The first-order chi connectivity index (χ1) is 15.3. The second kappa shape index (κ2) is 9.98. The minimum absolute atomic E-state index is 0. The lowest BCUT2D eigenvalue weighted by atomic mass is 10.0. The number of nitrogens with one attached hydrogen (secondary N) is 1. The molecule has 0 unspecified atom stereocenters. The molecule has 0 amide bonds. The van der Waals surface area contributed by atoms with Gasteiger partial charge >= 0.3 is 12.4 Å². The number of pyridine rings is 1. The van der Waals surface area contributed by atoms with Crippen LogP contribution in [0, 0.1) is 18.3 Å². The summed E-state index contributed by atoms with van der Waals surface area (Å²) in [4.78, 5) is 8.04. The predicted octanol–water partition coefficient (Wildman–Crippen LogP) is 5.02. The van der Waals surface area contributed by atoms with Crippen molar-refractivity contribution >= 4 is 30.7 Å². The number of aromatic nitrogens is 4. The Kier molecular flexibility index (Phi) is 7.94. The SMILES string of the molecule is Cc1nc([C@H](C)NC(=S)c2cc(C(F)(F)F)cc(C(F)(F)F)c2)n(-c2ccc(C#N)cn2)n1.S. The summed E-state index contributed by atoms with van der Waals surface area (Å²) in [6.45, 7) is 3.16. The van der Waals surface area contributed by atoms with Gasteiger partial charge in [0.15, 0.2) is 11.6 Å². The molecule has 1 aromatic carbocycles. The molecule has 0 aliphatic heterocycles. The molecule has 2 heterocycles. The van der Waals surface area contributed by atoms with Gasteiger partial charge in [0.05, 0.1) is 22.7 Å². The molecule has 0 aliphatic rings. The summed E-state index contributed by atoms with van der Waals surface area (Å²) in [6, 6.07) is 5.32. The van der Waals surface area contributed by atoms with E-state index in [9.17, 15) is 26.3 Å². The zero-order chi connectivity index (χ0) is 24.6. The van der Waals surface area contributed by atoms with Crippen molar-refractivity contribution in [2.24, 2.45) is 0 Å². The summed E-state index contributed by atoms with van der Waals surface area (Å²) < 4.78 is 80.2. The fourth-order valence-electron chi connectivity index (χ4n) is 2.89. The van der Waals surface area contributed by atoms with Crippen LogP contribution < -0.4 is 5.32 Å². The normalized spacial score (nSPS) is 12.4. The lowest BCUT2D eigenvalue weighted by Gasteiger charge is -2.18. The first-order valence-electron chi connectivity index (χ1n) is 9.20. The number of aryl methyl sites for hydroxylation is 1. The van der Waals surface area contributed by atoms with Crippen molar-refractivity contribution in [3.8, 4) is 11.9 Å². The Morgan fingerprint density at radius 1 is 1.09 bits per heavy atom. The second-order valence-electron chi connectivity index (χ2n) is 6.94. The van der Waals surface area contributed by atoms with E-state index in [-0.39, 0.29) is 30.4 Å². The van der Waals surface area contributed by atoms with Crippen LogP contribution in [0.1, 0.15) is 46.9 Å². The molecular weight excluding hydrogens is 502 g/mol. The summed E-state index contributed by atoms with van der Waals surface area (Å²) in [6.07, 6.45) is -8.66. The van der Waals surface area contributed by atoms with Crippen LogP contribution in [0.25, 0.3) is 5.82 Å². The third kappa shape index (κ3) is 6.03. The zero-order valence-corrected chi connectivity index (χ0v) is 19.3. The van der Waals surface area contributed by atoms with Crippen molar-refractivity contribution in [1.82, 2.24) is 25.1 Å². The summed E-state index contributed by atoms with van der Waals surface area (Å²) in [5.74, 6) is 0.909. The van der Waals surface area contributed by atoms with Gasteiger partial charge in [0.2, 0.25) is 0 Å². The van der Waals surface area contributed by atoms with Crippen molar-refractivity contribution in [3.63, 3.8) is 0 Å². The van der Waals surface area contributed by atoms with Crippen LogP contribution in [0.5, 0.6) is 0 Å². The lowest BCUT2D eigenvalue weighted by Crippen LogP contribution is -2.28. The van der Waals surface area contributed by atoms with Crippen LogP contribution >= 0.6 is 25.7 Å². The molecule has 0 fully saturated rings. The molecule has 2 aromatic heterocycles. The number of hydrogen-bond donors (Lipinski definition) is 1. The molecule has 3 aromatic rings. The number of nitrogens with zero attached hydrogens (tertiary/aromatic N) is 5. The monoisotopic (exact) mass is 518 g/mol. The number of halogens is 6. The largest absolute Gasteiger partial charge is 0.416 e. The standard InChI is InChI=1S/C20H14F6N6S.H2S/c1-10(17-30-11(2)31-32(17)16-4-3-12(8-27)9-28-16)29-18(33)13-5-14(19(21,22)23)7-15(6-13)20(24,25)26;/h3-7,9-10H,1-2H3,(H,29,33);1H2/t10-;/m0./s1. The molecule has 0 radical (unpaired) electrons. The van der Waals surface area contributed by atoms with Gasteiger partial charge in [-0.3, -0.25) is 0 Å². The van der Waals surface area contributed by atoms with E-state index in [1.165, 1.54) is 23.0 Å². The minimum atomic E-state index is -4.99. The maximum atomic E-state index is 13.1. The molecule has 0 saturated heterocycles. The van der Waals surface area contributed by atoms with Gasteiger partial charge < -0.3 is 5.32 Å². The van der Waals surface area contributed by atoms with E-state index in [2.05, 4.69) is 20.4 Å². The van der Waals surface area contributed by atoms with E-state index in [1.807, 2.05) is 6.07 Å². The van der Waals surface area contributed by atoms with Crippen molar-refractivity contribution in [2.45, 2.75) is 32.2 Å². The van der Waals surface area contributed by atoms with Crippen molar-refractivity contribution in [1.29, 1.82) is 5.26 Å². The topological polar surface area (TPSA) is 79.4 Å². The Hall–Kier alpha value is -3.18. The molecule has 1 N–H and O–H groups in total. The Morgan fingerprint density at radius 3 is 2.15 bits per heavy atom. The molecule has 1 atom stereocenters. The van der Waals surface area contributed by atoms with Crippen molar-refractivity contribution in [3.05, 3.63) is 70.4 Å². The fourth-order valence-corrected chi connectivity index (χ4v) is 3.18. The second-order valence-corrected chi connectivity index (χ2v) is 7.34. The van der Waals surface area contributed by atoms with Crippen LogP contribution in [0.15, 0.2) is 36.5 Å². The van der Waals surface area contributed by atoms with Gasteiger partial charge in [0.25, 0.3) is 0 Å². The molecular formula is C20H16F6N6S2. The predicted molar refractivity (Wildman–Crippen MR) is 119 cm³/mol. The van der Waals surface area contributed by atoms with Gasteiger partial charge in [0, 0.05) is 11.8 Å². The average Bonchev–Trinajstić information content (AvgIpc) is 3.14. The number of hydrogen-bond acceptors (Lipinski definition) is 5. The van der Waals surface area contributed by atoms with Gasteiger partial charge in [-0.05, 0) is 44.2 Å². The molecule has 0 spiro atoms. The van der Waals surface area contributed by atoms with Crippen LogP contribution in [0.2, 0.25) is 0 Å². The average molecular weight is 519 g/mol. The van der Waals surface area contributed by atoms with Gasteiger partial charge in [-0.2, -0.15) is 49.8 Å². The molecule has 14 heteroatoms. The van der Waals surface area contributed by atoms with Gasteiger partial charge in [-0.1, -0.05) is 12.2 Å². The Morgan fingerprint density at radius 2 is 1.68 bits per heavy atom. The van der Waals surface area contributed by atoms with Crippen LogP contribution in [0.3, 0.4) is 0 Å². The van der Waals surface area contributed by atoms with Crippen LogP contribution in [-0.4, -0.2) is 24.7 Å². The molecule has 3 rings (SSSR count). The molecule has 0 bridgehead atoms. The number of thiocarbonyl (C=S) groups is 1. The van der Waals surface area contributed by atoms with E-state index in [0.29, 0.717) is 29.3 Å². The first kappa shape index (κ1) is 27.1. The van der Waals surface area contributed by atoms with Crippen molar-refractivity contribution in [2.75, 3.05) is 0 Å². The highest BCUT2D eigenvalue weighted by Crippen LogP contribution is 2.36. The highest BCUT2D eigenvalue weighted by molar-refractivity contribution is 7.80. The zero-order valence-electron chi connectivity index (χ0n) is 17.5. The number of benzene rings is 1. The van der Waals surface area contributed by atoms with E-state index in [0.717, 1.165) is 0 Å². The molecule has 180 valence electrons. The van der Waals surface area contributed by atoms with Gasteiger partial charge in [-0.15, -0.1) is 5.10 Å². The highest BCUT2D eigenvalue weighted by atomic mass is 32.1. The number of alkyl halides is 6. The van der Waals surface area contributed by atoms with Crippen LogP contribution in [0.4, 0.5) is 26.3 Å². The molecule has 0 saturated carbocycles. The molecule has 34 heavy (non-hydrogen) atoms. The lowest BCUT2D eigenvalue weighted by molar-refractivity contribution is -0.143. The Labute approximate surface area is 202 Å². The Balaban J connectivity index is 0.00000408. The van der Waals surface area contributed by atoms with Gasteiger partial charge in [-0.25, -0.2) is 9.97 Å². The third-order valence-corrected chi connectivity index (χ3v) is 4.77. The molecule has 0 aliphatic carbocycles. The quantitative estimate of drug-likeness (QED) is 0.386. The van der Waals surface area contributed by atoms with E-state index in [1.54, 1.807) is 13.8 Å². The maximum Gasteiger partial charge on any atom is 0.416 e. The van der Waals surface area contributed by atoms with Crippen LogP contribution in [-0.2, 0) is 12.4 Å². The number of nitriles is 1. The minimum Gasteiger partial charge on any atom is -0.366 e. The third-order valence-electron chi connectivity index (χ3n) is 4.42. The summed E-state index contributed by atoms with van der Waals surface area (Å²) in [5.41, 5.74) is -3.07. The van der Waals surface area contributed by atoms with Gasteiger partial charge in [0.1, 0.15) is 16.9 Å². The highest BCUT2D eigenvalue weighted by Gasteiger charge is 2.37. The summed E-state index contributed by atoms with van der Waals surface area (Å²) in [7, 11) is 0. The fraction of sp³-hybridized carbons (Fsp3) is 0.250. The number of rotatable bonds is 4. The van der Waals surface area contributed by atoms with E-state index in [4.69, 9.17) is 17.5 Å². The molecule has 6 nitrogen and oxygen atoms in total. The van der Waals surface area contributed by atoms with Crippen molar-refractivity contribution < 1.29 is 26.3 Å². The first-order valence-corrected chi connectivity index (χ1v) is 9.61. The Bertz CT molecular complexity index is 1200. The summed E-state index contributed by atoms with van der Waals surface area (Å²) in [5, 5.41) is 15.8. The maximum absolute atomic E-state index is 13.1.